The molecule has 0 spiro atoms. The van der Waals surface area contributed by atoms with E-state index in [1.807, 2.05) is 0 Å². The quantitative estimate of drug-likeness (QED) is 0.0320. The highest BCUT2D eigenvalue weighted by Gasteiger charge is 2.20. The predicted octanol–water partition coefficient (Wildman–Crippen LogP) is 22.0. The maximum Gasteiger partial charge on any atom is 0.305 e. The number of ether oxygens (including phenoxy) is 1. The number of esters is 1. The van der Waals surface area contributed by atoms with Crippen LogP contribution in [0.25, 0.3) is 0 Å². The number of unbranched alkanes of at least 4 members (excludes halogenated alkanes) is 52. The van der Waals surface area contributed by atoms with Crippen molar-refractivity contribution in [3.8, 4) is 0 Å². The Morgan fingerprint density at radius 3 is 0.947 bits per heavy atom. The monoisotopic (exact) mass is 1060 g/mol. The van der Waals surface area contributed by atoms with Gasteiger partial charge in [-0.1, -0.05) is 341 Å². The zero-order chi connectivity index (χ0) is 54.3. The van der Waals surface area contributed by atoms with Gasteiger partial charge in [0.15, 0.2) is 0 Å². The predicted molar refractivity (Wildman–Crippen MR) is 329 cm³/mol. The zero-order valence-electron chi connectivity index (χ0n) is 51.1. The Hall–Kier alpha value is -1.40. The number of carbonyl (C=O) groups is 2. The second-order valence-electron chi connectivity index (χ2n) is 23.9. The molecule has 0 fully saturated rings. The van der Waals surface area contributed by atoms with Crippen LogP contribution in [-0.2, 0) is 14.3 Å². The van der Waals surface area contributed by atoms with Gasteiger partial charge < -0.3 is 20.3 Å². The first-order chi connectivity index (χ1) is 37.0. The number of carbonyl (C=O) groups excluding carboxylic acids is 2. The minimum absolute atomic E-state index is 0.0200. The SMILES string of the molecule is CCCCCCCCCCCCCCCCC(O)C(CO)NC(=O)CCCCCCCCCCCCCCCCC/C=C\CCCCCCCCCCCCCCOC(=O)CCCCCCCCCCCCCCC. The van der Waals surface area contributed by atoms with Crippen molar-refractivity contribution >= 4 is 11.9 Å². The van der Waals surface area contributed by atoms with Crippen molar-refractivity contribution in [2.45, 2.75) is 405 Å². The van der Waals surface area contributed by atoms with Gasteiger partial charge in [-0.15, -0.1) is 0 Å². The third-order valence-corrected chi connectivity index (χ3v) is 16.3. The van der Waals surface area contributed by atoms with Gasteiger partial charge >= 0.3 is 5.97 Å². The van der Waals surface area contributed by atoms with E-state index < -0.39 is 12.1 Å². The highest BCUT2D eigenvalue weighted by atomic mass is 16.5. The molecule has 0 heterocycles. The van der Waals surface area contributed by atoms with Crippen LogP contribution in [0, 0.1) is 0 Å². The lowest BCUT2D eigenvalue weighted by atomic mass is 10.0. The van der Waals surface area contributed by atoms with Crippen LogP contribution in [0.3, 0.4) is 0 Å². The summed E-state index contributed by atoms with van der Waals surface area (Å²) in [6.07, 6.45) is 79.7. The van der Waals surface area contributed by atoms with E-state index in [2.05, 4.69) is 31.3 Å². The van der Waals surface area contributed by atoms with Gasteiger partial charge in [0, 0.05) is 12.8 Å². The first kappa shape index (κ1) is 73.6. The second kappa shape index (κ2) is 65.1. The zero-order valence-corrected chi connectivity index (χ0v) is 51.1. The molecule has 0 saturated carbocycles. The smallest absolute Gasteiger partial charge is 0.305 e. The maximum atomic E-state index is 12.5. The van der Waals surface area contributed by atoms with Crippen molar-refractivity contribution in [1.29, 1.82) is 0 Å². The summed E-state index contributed by atoms with van der Waals surface area (Å²) in [7, 11) is 0. The Balaban J connectivity index is 3.34. The molecular formula is C69H135NO5. The Morgan fingerprint density at radius 2 is 0.627 bits per heavy atom. The molecule has 0 aliphatic heterocycles. The number of rotatable bonds is 65. The topological polar surface area (TPSA) is 95.9 Å². The van der Waals surface area contributed by atoms with E-state index in [4.69, 9.17) is 4.74 Å². The minimum Gasteiger partial charge on any atom is -0.466 e. The molecular weight excluding hydrogens is 923 g/mol. The van der Waals surface area contributed by atoms with Crippen molar-refractivity contribution in [2.24, 2.45) is 0 Å². The summed E-state index contributed by atoms with van der Waals surface area (Å²) in [6.45, 7) is 4.99. The van der Waals surface area contributed by atoms with Crippen LogP contribution >= 0.6 is 0 Å². The number of hydrogen-bond acceptors (Lipinski definition) is 5. The Labute approximate surface area is 469 Å². The molecule has 2 atom stereocenters. The molecule has 3 N–H and O–H groups in total. The van der Waals surface area contributed by atoms with Crippen molar-refractivity contribution in [3.05, 3.63) is 12.2 Å². The molecule has 75 heavy (non-hydrogen) atoms. The fourth-order valence-electron chi connectivity index (χ4n) is 11.1. The maximum absolute atomic E-state index is 12.5. The van der Waals surface area contributed by atoms with Gasteiger partial charge in [0.1, 0.15) is 0 Å². The van der Waals surface area contributed by atoms with Gasteiger partial charge in [-0.25, -0.2) is 0 Å². The second-order valence-corrected chi connectivity index (χ2v) is 23.9. The lowest BCUT2D eigenvalue weighted by molar-refractivity contribution is -0.143. The average molecular weight is 1060 g/mol. The standard InChI is InChI=1S/C69H135NO5/c1-3-5-7-9-11-13-15-17-38-41-45-49-53-57-61-67(72)66(65-71)70-68(73)62-58-54-50-46-42-39-35-33-31-29-27-25-23-21-19-18-20-22-24-26-28-30-32-34-36-40-44-48-52-56-60-64-75-69(74)63-59-55-51-47-43-37-16-14-12-10-8-6-4-2/h20,22,66-67,71-72H,3-19,21,23-65H2,1-2H3,(H,70,73)/b22-20-. The van der Waals surface area contributed by atoms with Gasteiger partial charge in [-0.2, -0.15) is 0 Å². The van der Waals surface area contributed by atoms with Gasteiger partial charge in [-0.05, 0) is 51.4 Å². The number of amides is 1. The fourth-order valence-corrected chi connectivity index (χ4v) is 11.1. The van der Waals surface area contributed by atoms with Gasteiger partial charge in [0.05, 0.1) is 25.4 Å². The Bertz CT molecular complexity index is 1130. The molecule has 0 aromatic heterocycles. The first-order valence-electron chi connectivity index (χ1n) is 34.4. The molecule has 0 aliphatic rings. The van der Waals surface area contributed by atoms with E-state index >= 15 is 0 Å². The van der Waals surface area contributed by atoms with Crippen molar-refractivity contribution < 1.29 is 24.5 Å². The Kier molecular flexibility index (Phi) is 63.9. The van der Waals surface area contributed by atoms with Crippen molar-refractivity contribution in [3.63, 3.8) is 0 Å². The summed E-state index contributed by atoms with van der Waals surface area (Å²) >= 11 is 0. The van der Waals surface area contributed by atoms with E-state index in [-0.39, 0.29) is 18.5 Å². The van der Waals surface area contributed by atoms with E-state index in [0.717, 1.165) is 38.5 Å². The molecule has 0 bridgehead atoms. The van der Waals surface area contributed by atoms with Crippen molar-refractivity contribution in [1.82, 2.24) is 5.32 Å². The third-order valence-electron chi connectivity index (χ3n) is 16.3. The van der Waals surface area contributed by atoms with Crippen LogP contribution in [0.15, 0.2) is 12.2 Å². The van der Waals surface area contributed by atoms with Gasteiger partial charge in [-0.3, -0.25) is 9.59 Å². The normalized spacial score (nSPS) is 12.5. The molecule has 0 radical (unpaired) electrons. The van der Waals surface area contributed by atoms with Crippen LogP contribution in [0.4, 0.5) is 0 Å². The average Bonchev–Trinajstić information content (AvgIpc) is 3.41. The lowest BCUT2D eigenvalue weighted by Crippen LogP contribution is -2.45. The van der Waals surface area contributed by atoms with E-state index in [1.165, 1.54) is 321 Å². The molecule has 6 heteroatoms. The number of aliphatic hydroxyl groups excluding tert-OH is 2. The van der Waals surface area contributed by atoms with E-state index in [9.17, 15) is 19.8 Å². The van der Waals surface area contributed by atoms with Crippen LogP contribution in [0.2, 0.25) is 0 Å². The highest BCUT2D eigenvalue weighted by molar-refractivity contribution is 5.76. The molecule has 0 saturated heterocycles. The summed E-state index contributed by atoms with van der Waals surface area (Å²) in [5, 5.41) is 23.3. The summed E-state index contributed by atoms with van der Waals surface area (Å²) in [5.41, 5.74) is 0. The van der Waals surface area contributed by atoms with Crippen LogP contribution in [0.1, 0.15) is 393 Å². The van der Waals surface area contributed by atoms with Crippen LogP contribution in [-0.4, -0.2) is 47.4 Å². The largest absolute Gasteiger partial charge is 0.466 e. The minimum atomic E-state index is -0.661. The van der Waals surface area contributed by atoms with E-state index in [1.54, 1.807) is 0 Å². The number of aliphatic hydroxyl groups is 2. The number of hydrogen-bond donors (Lipinski definition) is 3. The molecule has 446 valence electrons. The number of allylic oxidation sites excluding steroid dienone is 2. The molecule has 0 rings (SSSR count). The Morgan fingerprint density at radius 1 is 0.360 bits per heavy atom. The molecule has 2 unspecified atom stereocenters. The summed E-state index contributed by atoms with van der Waals surface area (Å²) < 4.78 is 5.49. The van der Waals surface area contributed by atoms with Crippen LogP contribution < -0.4 is 5.32 Å². The molecule has 0 aromatic rings. The van der Waals surface area contributed by atoms with Crippen molar-refractivity contribution in [2.75, 3.05) is 13.2 Å². The number of nitrogens with one attached hydrogen (secondary N) is 1. The lowest BCUT2D eigenvalue weighted by Gasteiger charge is -2.22. The van der Waals surface area contributed by atoms with E-state index in [0.29, 0.717) is 25.9 Å². The van der Waals surface area contributed by atoms with Gasteiger partial charge in [0.25, 0.3) is 0 Å². The van der Waals surface area contributed by atoms with Crippen LogP contribution in [0.5, 0.6) is 0 Å². The highest BCUT2D eigenvalue weighted by Crippen LogP contribution is 2.19. The third kappa shape index (κ3) is 61.7. The molecule has 0 aromatic carbocycles. The summed E-state index contributed by atoms with van der Waals surface area (Å²) in [5.74, 6) is -0.0101. The molecule has 0 aliphatic carbocycles. The molecule has 1 amide bonds. The summed E-state index contributed by atoms with van der Waals surface area (Å²) in [6, 6.07) is -0.538. The molecule has 6 nitrogen and oxygen atoms in total. The first-order valence-corrected chi connectivity index (χ1v) is 34.4. The summed E-state index contributed by atoms with van der Waals surface area (Å²) in [4.78, 5) is 24.5. The fraction of sp³-hybridized carbons (Fsp3) is 0.942. The van der Waals surface area contributed by atoms with Gasteiger partial charge in [0.2, 0.25) is 5.91 Å².